The molecule has 0 aliphatic heterocycles. The van der Waals surface area contributed by atoms with Crippen LogP contribution in [0.5, 0.6) is 0 Å². The molecule has 0 aromatic heterocycles. The maximum Gasteiger partial charge on any atom is 0.281 e. The van der Waals surface area contributed by atoms with Crippen LogP contribution in [0, 0.1) is 12.1 Å². The quantitative estimate of drug-likeness (QED) is 0.417. The van der Waals surface area contributed by atoms with E-state index < -0.39 is 7.44 Å². The lowest BCUT2D eigenvalue weighted by molar-refractivity contribution is 0.570. The Labute approximate surface area is 49.3 Å². The lowest BCUT2D eigenvalue weighted by Gasteiger charge is -2.05. The molecular weight excluding hydrogens is 123 g/mol. The maximum atomic E-state index is 10.9. The van der Waals surface area contributed by atoms with E-state index in [1.807, 2.05) is 0 Å². The van der Waals surface area contributed by atoms with E-state index in [9.17, 15) is 4.57 Å². The van der Waals surface area contributed by atoms with Crippen molar-refractivity contribution in [1.29, 1.82) is 0 Å². The van der Waals surface area contributed by atoms with Gasteiger partial charge in [-0.05, 0) is 19.8 Å². The number of hydrogen-bond acceptors (Lipinski definition) is 1. The summed E-state index contributed by atoms with van der Waals surface area (Å²) in [4.78, 5) is 0. The predicted molar refractivity (Wildman–Crippen MR) is 34.6 cm³/mol. The van der Waals surface area contributed by atoms with Crippen LogP contribution in [0.2, 0.25) is 0 Å². The fraction of sp³-hybridized carbons (Fsp3) is 0.500. The summed E-state index contributed by atoms with van der Waals surface area (Å²) in [5, 5.41) is 4.97. The molecule has 0 unspecified atom stereocenters. The van der Waals surface area contributed by atoms with Gasteiger partial charge in [0.05, 0.1) is 0 Å². The lowest BCUT2D eigenvalue weighted by atomic mass is 11.4. The van der Waals surface area contributed by atoms with E-state index in [0.717, 1.165) is 0 Å². The van der Waals surface area contributed by atoms with Crippen LogP contribution in [-0.2, 0) is 4.57 Å². The lowest BCUT2D eigenvalue weighted by Crippen LogP contribution is -2.13. The number of hydrogen-bond donors (Lipinski definition) is 2. The molecule has 0 fully saturated rings. The molecule has 0 aliphatic rings. The second-order valence-electron chi connectivity index (χ2n) is 1.19. The molecular formula is C4H9N2OP. The summed E-state index contributed by atoms with van der Waals surface area (Å²) >= 11 is 0. The highest BCUT2D eigenvalue weighted by Crippen LogP contribution is 2.30. The summed E-state index contributed by atoms with van der Waals surface area (Å²) < 4.78 is 10.9. The summed E-state index contributed by atoms with van der Waals surface area (Å²) in [5.74, 6) is 0. The standard InChI is InChI=1S/C4H9N2OP/c1-4-8(7,5-2)6-3/h1H,2-3H3,(H2,5,6,7). The Hall–Kier alpha value is -0.290. The summed E-state index contributed by atoms with van der Waals surface area (Å²) in [6.45, 7) is 0. The van der Waals surface area contributed by atoms with E-state index in [-0.39, 0.29) is 0 Å². The van der Waals surface area contributed by atoms with Crippen molar-refractivity contribution in [2.24, 2.45) is 0 Å². The Balaban J connectivity index is 4.06. The molecule has 0 radical (unpaired) electrons. The molecule has 8 heavy (non-hydrogen) atoms. The highest BCUT2D eigenvalue weighted by atomic mass is 31.2. The SMILES string of the molecule is C#CP(=O)(NC)NC. The second kappa shape index (κ2) is 2.88. The Morgan fingerprint density at radius 1 is 1.50 bits per heavy atom. The van der Waals surface area contributed by atoms with Gasteiger partial charge in [0.15, 0.2) is 0 Å². The second-order valence-corrected chi connectivity index (χ2v) is 3.56. The molecule has 0 spiro atoms. The molecule has 0 aliphatic carbocycles. The normalized spacial score (nSPS) is 10.6. The van der Waals surface area contributed by atoms with Gasteiger partial charge in [0.1, 0.15) is 0 Å². The minimum Gasteiger partial charge on any atom is -0.275 e. The molecule has 3 nitrogen and oxygen atoms in total. The van der Waals surface area contributed by atoms with E-state index in [1.54, 1.807) is 14.1 Å². The Bertz CT molecular complexity index is 141. The van der Waals surface area contributed by atoms with Crippen molar-refractivity contribution in [2.45, 2.75) is 0 Å². The third-order valence-electron chi connectivity index (χ3n) is 0.812. The van der Waals surface area contributed by atoms with Crippen LogP contribution in [0.1, 0.15) is 0 Å². The van der Waals surface area contributed by atoms with E-state index in [4.69, 9.17) is 6.42 Å². The third kappa shape index (κ3) is 1.67. The van der Waals surface area contributed by atoms with Gasteiger partial charge >= 0.3 is 0 Å². The zero-order valence-electron chi connectivity index (χ0n) is 4.93. The minimum atomic E-state index is -2.63. The van der Waals surface area contributed by atoms with Gasteiger partial charge in [-0.15, -0.1) is 6.42 Å². The Morgan fingerprint density at radius 2 is 1.88 bits per heavy atom. The van der Waals surface area contributed by atoms with Crippen LogP contribution in [0.3, 0.4) is 0 Å². The highest BCUT2D eigenvalue weighted by molar-refractivity contribution is 7.64. The molecule has 46 valence electrons. The molecule has 0 amide bonds. The third-order valence-corrected chi connectivity index (χ3v) is 2.43. The molecule has 0 saturated carbocycles. The van der Waals surface area contributed by atoms with Gasteiger partial charge in [-0.1, -0.05) is 0 Å². The van der Waals surface area contributed by atoms with Crippen LogP contribution in [0.15, 0.2) is 0 Å². The van der Waals surface area contributed by atoms with Crippen LogP contribution in [-0.4, -0.2) is 14.1 Å². The van der Waals surface area contributed by atoms with Crippen molar-refractivity contribution in [2.75, 3.05) is 14.1 Å². The molecule has 0 heterocycles. The molecule has 4 heteroatoms. The first-order valence-corrected chi connectivity index (χ1v) is 3.85. The van der Waals surface area contributed by atoms with E-state index in [2.05, 4.69) is 15.8 Å². The van der Waals surface area contributed by atoms with Crippen molar-refractivity contribution >= 4 is 7.44 Å². The largest absolute Gasteiger partial charge is 0.281 e. The zero-order chi connectivity index (χ0) is 6.62. The fourth-order valence-electron chi connectivity index (χ4n) is 0.241. The molecule has 0 saturated heterocycles. The number of nitrogens with one attached hydrogen (secondary N) is 2. The molecule has 0 rings (SSSR count). The van der Waals surface area contributed by atoms with Crippen LogP contribution < -0.4 is 10.2 Å². The van der Waals surface area contributed by atoms with Crippen LogP contribution in [0.4, 0.5) is 0 Å². The summed E-state index contributed by atoms with van der Waals surface area (Å²) in [7, 11) is 0.471. The van der Waals surface area contributed by atoms with Gasteiger partial charge in [0.25, 0.3) is 7.44 Å². The highest BCUT2D eigenvalue weighted by Gasteiger charge is 2.09. The number of terminal acetylenes is 1. The molecule has 2 N–H and O–H groups in total. The monoisotopic (exact) mass is 132 g/mol. The molecule has 0 aromatic rings. The smallest absolute Gasteiger partial charge is 0.275 e. The molecule has 0 atom stereocenters. The van der Waals surface area contributed by atoms with Crippen molar-refractivity contribution in [3.05, 3.63) is 0 Å². The molecule has 0 aromatic carbocycles. The Morgan fingerprint density at radius 3 is 1.88 bits per heavy atom. The minimum absolute atomic E-state index is 1.55. The topological polar surface area (TPSA) is 41.1 Å². The van der Waals surface area contributed by atoms with Gasteiger partial charge in [0, 0.05) is 0 Å². The van der Waals surface area contributed by atoms with Crippen molar-refractivity contribution in [3.8, 4) is 12.1 Å². The van der Waals surface area contributed by atoms with Crippen molar-refractivity contribution in [1.82, 2.24) is 10.2 Å². The zero-order valence-corrected chi connectivity index (χ0v) is 5.83. The van der Waals surface area contributed by atoms with Crippen LogP contribution >= 0.6 is 7.44 Å². The predicted octanol–water partition coefficient (Wildman–Crippen LogP) is 0.209. The summed E-state index contributed by atoms with van der Waals surface area (Å²) in [6.07, 6.45) is 4.89. The first-order valence-electron chi connectivity index (χ1n) is 2.14. The average Bonchev–Trinajstić information content (AvgIpc) is 1.87. The van der Waals surface area contributed by atoms with Gasteiger partial charge < -0.3 is 0 Å². The first-order chi connectivity index (χ1) is 3.68. The van der Waals surface area contributed by atoms with Crippen LogP contribution in [0.25, 0.3) is 0 Å². The summed E-state index contributed by atoms with van der Waals surface area (Å²) in [5.41, 5.74) is 2.11. The van der Waals surface area contributed by atoms with Crippen molar-refractivity contribution < 1.29 is 4.57 Å². The van der Waals surface area contributed by atoms with Gasteiger partial charge in [0.2, 0.25) is 0 Å². The molecule has 0 bridgehead atoms. The van der Waals surface area contributed by atoms with Gasteiger partial charge in [-0.3, -0.25) is 4.57 Å². The van der Waals surface area contributed by atoms with E-state index in [1.165, 1.54) is 0 Å². The number of rotatable bonds is 2. The average molecular weight is 132 g/mol. The maximum absolute atomic E-state index is 10.9. The Kier molecular flexibility index (Phi) is 2.78. The van der Waals surface area contributed by atoms with Crippen molar-refractivity contribution in [3.63, 3.8) is 0 Å². The fourth-order valence-corrected chi connectivity index (χ4v) is 0.723. The van der Waals surface area contributed by atoms with E-state index in [0.29, 0.717) is 0 Å². The van der Waals surface area contributed by atoms with E-state index >= 15 is 0 Å². The summed E-state index contributed by atoms with van der Waals surface area (Å²) in [6, 6.07) is 0. The van der Waals surface area contributed by atoms with Gasteiger partial charge in [-0.25, -0.2) is 10.2 Å². The van der Waals surface area contributed by atoms with Gasteiger partial charge in [-0.2, -0.15) is 0 Å². The first kappa shape index (κ1) is 7.71.